The molecule has 0 aliphatic carbocycles. The van der Waals surface area contributed by atoms with Gasteiger partial charge < -0.3 is 0 Å². The maximum Gasteiger partial charge on any atom is 0.416 e. The molecule has 0 N–H and O–H groups in total. The molecule has 0 saturated carbocycles. The van der Waals surface area contributed by atoms with Crippen LogP contribution in [0.25, 0.3) is 0 Å². The Morgan fingerprint density at radius 1 is 1.00 bits per heavy atom. The molecule has 1 atom stereocenters. The van der Waals surface area contributed by atoms with Crippen molar-refractivity contribution >= 4 is 22.4 Å². The van der Waals surface area contributed by atoms with Crippen LogP contribution in [-0.2, 0) is 28.5 Å². The summed E-state index contributed by atoms with van der Waals surface area (Å²) in [5.41, 5.74) is 0.398. The van der Waals surface area contributed by atoms with Crippen molar-refractivity contribution < 1.29 is 17.4 Å². The molecule has 0 aliphatic heterocycles. The van der Waals surface area contributed by atoms with Gasteiger partial charge >= 0.3 is 6.18 Å². The van der Waals surface area contributed by atoms with Gasteiger partial charge in [0, 0.05) is 21.6 Å². The van der Waals surface area contributed by atoms with Gasteiger partial charge in [0.1, 0.15) is 0 Å². The zero-order chi connectivity index (χ0) is 15.5. The molecule has 2 aromatic carbocycles. The second-order valence-corrected chi connectivity index (χ2v) is 6.38. The normalized spacial score (nSPS) is 13.1. The van der Waals surface area contributed by atoms with Crippen LogP contribution in [0.5, 0.6) is 0 Å². The lowest BCUT2D eigenvalue weighted by Gasteiger charge is -2.09. The van der Waals surface area contributed by atoms with Crippen molar-refractivity contribution in [3.05, 3.63) is 70.2 Å². The third kappa shape index (κ3) is 4.58. The summed E-state index contributed by atoms with van der Waals surface area (Å²) in [4.78, 5) is 0. The summed E-state index contributed by atoms with van der Waals surface area (Å²) in [7, 11) is -1.32. The number of alkyl halides is 3. The lowest BCUT2D eigenvalue weighted by Crippen LogP contribution is -2.06. The molecule has 0 heterocycles. The summed E-state index contributed by atoms with van der Waals surface area (Å²) in [5, 5.41) is 0.509. The van der Waals surface area contributed by atoms with Crippen molar-refractivity contribution in [1.29, 1.82) is 0 Å². The third-order valence-electron chi connectivity index (χ3n) is 2.86. The minimum absolute atomic E-state index is 0.0646. The van der Waals surface area contributed by atoms with Crippen LogP contribution in [0, 0.1) is 0 Å². The van der Waals surface area contributed by atoms with E-state index < -0.39 is 22.5 Å². The van der Waals surface area contributed by atoms with Gasteiger partial charge in [-0.3, -0.25) is 4.21 Å². The van der Waals surface area contributed by atoms with Crippen LogP contribution in [0.2, 0.25) is 5.02 Å². The van der Waals surface area contributed by atoms with Crippen LogP contribution in [0.15, 0.2) is 48.5 Å². The molecular formula is C15H12ClF3OS. The molecule has 112 valence electrons. The van der Waals surface area contributed by atoms with E-state index in [1.54, 1.807) is 30.3 Å². The second kappa shape index (κ2) is 6.62. The zero-order valence-electron chi connectivity index (χ0n) is 10.9. The topological polar surface area (TPSA) is 17.1 Å². The lowest BCUT2D eigenvalue weighted by atomic mass is 10.1. The largest absolute Gasteiger partial charge is 0.416 e. The highest BCUT2D eigenvalue weighted by Crippen LogP contribution is 2.30. The number of hydrogen-bond donors (Lipinski definition) is 0. The quantitative estimate of drug-likeness (QED) is 0.785. The molecule has 1 nitrogen and oxygen atoms in total. The predicted molar refractivity (Wildman–Crippen MR) is 78.4 cm³/mol. The summed E-state index contributed by atoms with van der Waals surface area (Å²) in [6.07, 6.45) is -4.39. The third-order valence-corrected chi connectivity index (χ3v) is 4.51. The van der Waals surface area contributed by atoms with E-state index in [2.05, 4.69) is 0 Å². The Labute approximate surface area is 128 Å². The molecule has 6 heteroatoms. The summed E-state index contributed by atoms with van der Waals surface area (Å²) in [5.74, 6) is 0.283. The molecule has 0 spiro atoms. The first kappa shape index (κ1) is 16.0. The number of benzene rings is 2. The number of hydrogen-bond acceptors (Lipinski definition) is 1. The molecule has 0 radical (unpaired) electrons. The minimum Gasteiger partial charge on any atom is -0.259 e. The van der Waals surface area contributed by atoms with Gasteiger partial charge in [0.05, 0.1) is 11.3 Å². The molecule has 0 amide bonds. The fourth-order valence-corrected chi connectivity index (χ4v) is 3.40. The Morgan fingerprint density at radius 2 is 1.71 bits per heavy atom. The van der Waals surface area contributed by atoms with Crippen molar-refractivity contribution in [2.75, 3.05) is 0 Å². The smallest absolute Gasteiger partial charge is 0.259 e. The summed E-state index contributed by atoms with van der Waals surface area (Å²) in [6, 6.07) is 11.9. The van der Waals surface area contributed by atoms with Crippen molar-refractivity contribution in [3.8, 4) is 0 Å². The van der Waals surface area contributed by atoms with Crippen molar-refractivity contribution in [1.82, 2.24) is 0 Å². The summed E-state index contributed by atoms with van der Waals surface area (Å²) < 4.78 is 49.9. The Balaban J connectivity index is 2.08. The highest BCUT2D eigenvalue weighted by molar-refractivity contribution is 7.83. The molecular weight excluding hydrogens is 321 g/mol. The van der Waals surface area contributed by atoms with E-state index in [1.165, 1.54) is 6.07 Å². The number of halogens is 4. The molecule has 0 fully saturated rings. The van der Waals surface area contributed by atoms with E-state index in [1.807, 2.05) is 0 Å². The zero-order valence-corrected chi connectivity index (χ0v) is 12.4. The molecule has 0 saturated heterocycles. The Hall–Kier alpha value is -1.33. The van der Waals surface area contributed by atoms with Crippen LogP contribution in [0.4, 0.5) is 13.2 Å². The van der Waals surface area contributed by atoms with Gasteiger partial charge in [-0.25, -0.2) is 0 Å². The lowest BCUT2D eigenvalue weighted by molar-refractivity contribution is -0.137. The standard InChI is InChI=1S/C15H12ClF3OS/c16-14-7-2-1-5-12(14)10-21(20)9-11-4-3-6-13(8-11)15(17,18)19/h1-8H,9-10H2. The number of rotatable bonds is 4. The van der Waals surface area contributed by atoms with Crippen LogP contribution < -0.4 is 0 Å². The molecule has 0 bridgehead atoms. The highest BCUT2D eigenvalue weighted by Gasteiger charge is 2.30. The molecule has 2 rings (SSSR count). The van der Waals surface area contributed by atoms with E-state index in [4.69, 9.17) is 11.6 Å². The fourth-order valence-electron chi connectivity index (χ4n) is 1.86. The Bertz CT molecular complexity index is 655. The van der Waals surface area contributed by atoms with E-state index in [-0.39, 0.29) is 11.5 Å². The molecule has 2 aromatic rings. The van der Waals surface area contributed by atoms with Gasteiger partial charge in [-0.1, -0.05) is 48.0 Å². The first-order valence-electron chi connectivity index (χ1n) is 6.11. The van der Waals surface area contributed by atoms with E-state index in [9.17, 15) is 17.4 Å². The van der Waals surface area contributed by atoms with Gasteiger partial charge in [0.15, 0.2) is 0 Å². The average molecular weight is 333 g/mol. The monoisotopic (exact) mass is 332 g/mol. The van der Waals surface area contributed by atoms with Gasteiger partial charge in [0.25, 0.3) is 0 Å². The van der Waals surface area contributed by atoms with E-state index in [0.29, 0.717) is 10.6 Å². The van der Waals surface area contributed by atoms with Gasteiger partial charge in [-0.15, -0.1) is 0 Å². The predicted octanol–water partition coefficient (Wildman–Crippen LogP) is 4.81. The van der Waals surface area contributed by atoms with Crippen LogP contribution in [0.1, 0.15) is 16.7 Å². The van der Waals surface area contributed by atoms with E-state index in [0.717, 1.165) is 17.7 Å². The SMILES string of the molecule is O=S(Cc1cccc(C(F)(F)F)c1)Cc1ccccc1Cl. The summed E-state index contributed by atoms with van der Waals surface area (Å²) in [6.45, 7) is 0. The first-order chi connectivity index (χ1) is 9.86. The van der Waals surface area contributed by atoms with Gasteiger partial charge in [-0.05, 0) is 23.3 Å². The van der Waals surface area contributed by atoms with Crippen LogP contribution in [-0.4, -0.2) is 4.21 Å². The second-order valence-electron chi connectivity index (χ2n) is 4.52. The van der Waals surface area contributed by atoms with Crippen molar-refractivity contribution in [3.63, 3.8) is 0 Å². The maximum absolute atomic E-state index is 12.6. The van der Waals surface area contributed by atoms with Crippen molar-refractivity contribution in [2.45, 2.75) is 17.7 Å². The van der Waals surface area contributed by atoms with Crippen molar-refractivity contribution in [2.24, 2.45) is 0 Å². The highest BCUT2D eigenvalue weighted by atomic mass is 35.5. The first-order valence-corrected chi connectivity index (χ1v) is 7.97. The molecule has 1 unspecified atom stereocenters. The summed E-state index contributed by atoms with van der Waals surface area (Å²) >= 11 is 5.97. The Morgan fingerprint density at radius 3 is 2.38 bits per heavy atom. The van der Waals surface area contributed by atoms with Gasteiger partial charge in [0.2, 0.25) is 0 Å². The molecule has 0 aliphatic rings. The maximum atomic E-state index is 12.6. The average Bonchev–Trinajstić information content (AvgIpc) is 2.41. The van der Waals surface area contributed by atoms with Crippen LogP contribution >= 0.6 is 11.6 Å². The minimum atomic E-state index is -4.39. The fraction of sp³-hybridized carbons (Fsp3) is 0.200. The molecule has 0 aromatic heterocycles. The molecule has 21 heavy (non-hydrogen) atoms. The Kier molecular flexibility index (Phi) is 5.06. The van der Waals surface area contributed by atoms with Gasteiger partial charge in [-0.2, -0.15) is 13.2 Å². The van der Waals surface area contributed by atoms with Crippen LogP contribution in [0.3, 0.4) is 0 Å². The van der Waals surface area contributed by atoms with E-state index >= 15 is 0 Å².